The summed E-state index contributed by atoms with van der Waals surface area (Å²) in [5.74, 6) is 1.05. The van der Waals surface area contributed by atoms with E-state index in [4.69, 9.17) is 4.98 Å². The lowest BCUT2D eigenvalue weighted by molar-refractivity contribution is 0.125. The molecule has 3 nitrogen and oxygen atoms in total. The first-order chi connectivity index (χ1) is 16.4. The molecule has 4 aromatic rings. The van der Waals surface area contributed by atoms with Crippen LogP contribution in [0.5, 0.6) is 0 Å². The molecule has 0 amide bonds. The summed E-state index contributed by atoms with van der Waals surface area (Å²) in [5, 5.41) is 3.89. The van der Waals surface area contributed by atoms with E-state index in [1.54, 1.807) is 0 Å². The first kappa shape index (κ1) is 22.5. The maximum Gasteiger partial charge on any atom is 0.415 e. The smallest absolute Gasteiger partial charge is 0.404 e. The number of hydrogen-bond acceptors (Lipinski definition) is 2. The van der Waals surface area contributed by atoms with Crippen LogP contribution in [0.2, 0.25) is 0 Å². The third-order valence-electron chi connectivity index (χ3n) is 10.0. The van der Waals surface area contributed by atoms with Gasteiger partial charge in [-0.05, 0) is 77.9 Å². The molecule has 1 aliphatic heterocycles. The van der Waals surface area contributed by atoms with E-state index in [0.29, 0.717) is 0 Å². The average Bonchev–Trinajstić information content (AvgIpc) is 3.20. The summed E-state index contributed by atoms with van der Waals surface area (Å²) in [6.07, 6.45) is 0. The predicted octanol–water partition coefficient (Wildman–Crippen LogP) is 6.89. The highest BCUT2D eigenvalue weighted by Crippen LogP contribution is 2.62. The van der Waals surface area contributed by atoms with Crippen molar-refractivity contribution >= 4 is 29.2 Å². The van der Waals surface area contributed by atoms with Crippen LogP contribution in [-0.2, 0) is 10.8 Å². The quantitative estimate of drug-likeness (QED) is 0.313. The van der Waals surface area contributed by atoms with Gasteiger partial charge in [-0.3, -0.25) is 0 Å². The van der Waals surface area contributed by atoms with E-state index in [-0.39, 0.29) is 23.2 Å². The molecule has 2 aliphatic rings. The molecule has 3 aromatic carbocycles. The number of hydrogen-bond donors (Lipinski definition) is 1. The SMILES string of the molecule is Cc1cc(C)c(B2Nc3ccccc3-c3nc4cc5c(cc4n32)C(C)(C)C(C)(C)C5(C)C)c(C)c1. The van der Waals surface area contributed by atoms with E-state index in [1.165, 1.54) is 44.4 Å². The Morgan fingerprint density at radius 2 is 1.40 bits per heavy atom. The van der Waals surface area contributed by atoms with Gasteiger partial charge in [-0.2, -0.15) is 0 Å². The molecule has 0 unspecified atom stereocenters. The van der Waals surface area contributed by atoms with E-state index in [2.05, 4.69) is 121 Å². The van der Waals surface area contributed by atoms with E-state index in [1.807, 2.05) is 0 Å². The lowest BCUT2D eigenvalue weighted by Gasteiger charge is -2.44. The van der Waals surface area contributed by atoms with Crippen LogP contribution in [0.4, 0.5) is 5.69 Å². The summed E-state index contributed by atoms with van der Waals surface area (Å²) in [6.45, 7) is 21.1. The molecule has 0 saturated carbocycles. The molecule has 1 N–H and O–H groups in total. The second kappa shape index (κ2) is 6.81. The molecule has 0 atom stereocenters. The minimum absolute atomic E-state index is 0.00548. The number of nitrogens with zero attached hydrogens (tertiary/aromatic N) is 2. The van der Waals surface area contributed by atoms with Gasteiger partial charge in [0.25, 0.3) is 0 Å². The summed E-state index contributed by atoms with van der Waals surface area (Å²) in [6, 6.07) is 18.0. The van der Waals surface area contributed by atoms with Crippen LogP contribution in [0.25, 0.3) is 22.4 Å². The number of para-hydroxylation sites is 1. The Morgan fingerprint density at radius 1 is 0.800 bits per heavy atom. The van der Waals surface area contributed by atoms with Crippen LogP contribution in [0.3, 0.4) is 0 Å². The highest BCUT2D eigenvalue weighted by Gasteiger charge is 2.57. The number of aryl methyl sites for hydroxylation is 3. The molecule has 1 aliphatic carbocycles. The van der Waals surface area contributed by atoms with Crippen LogP contribution < -0.4 is 10.7 Å². The summed E-state index contributed by atoms with van der Waals surface area (Å²) in [4.78, 5) is 5.31. The molecule has 0 bridgehead atoms. The first-order valence-corrected chi connectivity index (χ1v) is 12.9. The Bertz CT molecular complexity index is 1510. The second-order valence-electron chi connectivity index (χ2n) is 12.5. The Balaban J connectivity index is 1.70. The maximum atomic E-state index is 5.31. The van der Waals surface area contributed by atoms with Crippen molar-refractivity contribution in [1.82, 2.24) is 9.46 Å². The monoisotopic (exact) mass is 461 g/mol. The molecule has 1 aromatic heterocycles. The Kier molecular flexibility index (Phi) is 4.37. The summed E-state index contributed by atoms with van der Waals surface area (Å²) in [5.41, 5.74) is 13.0. The molecule has 2 heterocycles. The fourth-order valence-electron chi connectivity index (χ4n) is 6.92. The lowest BCUT2D eigenvalue weighted by Crippen LogP contribution is -2.50. The minimum atomic E-state index is -0.00548. The molecular weight excluding hydrogens is 425 g/mol. The highest BCUT2D eigenvalue weighted by molar-refractivity contribution is 6.77. The van der Waals surface area contributed by atoms with Gasteiger partial charge in [0.05, 0.1) is 11.0 Å². The zero-order valence-electron chi connectivity index (χ0n) is 22.6. The van der Waals surface area contributed by atoms with Gasteiger partial charge in [0.1, 0.15) is 5.82 Å². The van der Waals surface area contributed by atoms with Crippen molar-refractivity contribution in [3.05, 3.63) is 76.3 Å². The minimum Gasteiger partial charge on any atom is -0.404 e. The zero-order valence-corrected chi connectivity index (χ0v) is 22.6. The number of anilines is 1. The molecule has 0 saturated heterocycles. The predicted molar refractivity (Wildman–Crippen MR) is 150 cm³/mol. The number of fused-ring (bicyclic) bond motifs is 6. The zero-order chi connectivity index (χ0) is 25.1. The Labute approximate surface area is 210 Å². The fraction of sp³-hybridized carbons (Fsp3) is 0.387. The largest absolute Gasteiger partial charge is 0.415 e. The maximum absolute atomic E-state index is 5.31. The number of rotatable bonds is 1. The van der Waals surface area contributed by atoms with Crippen LogP contribution in [0.15, 0.2) is 48.5 Å². The Hall–Kier alpha value is -3.01. The van der Waals surface area contributed by atoms with Crippen molar-refractivity contribution in [2.45, 2.75) is 73.1 Å². The standard InChI is InChI=1S/C31H36BN3/c1-18-14-19(2)27(20(3)15-18)32-34-24-13-11-10-12-21(24)28-33-25-16-22-23(17-26(25)35(28)32)30(6,7)31(8,9)29(22,4)5/h10-17,34H,1-9H3. The summed E-state index contributed by atoms with van der Waals surface area (Å²) < 4.78 is 2.46. The second-order valence-corrected chi connectivity index (χ2v) is 12.5. The molecule has 35 heavy (non-hydrogen) atoms. The summed E-state index contributed by atoms with van der Waals surface area (Å²) in [7, 11) is 0. The van der Waals surface area contributed by atoms with Crippen LogP contribution in [-0.4, -0.2) is 16.4 Å². The number of imidazole rings is 1. The van der Waals surface area contributed by atoms with Crippen molar-refractivity contribution < 1.29 is 0 Å². The molecule has 0 radical (unpaired) electrons. The average molecular weight is 461 g/mol. The van der Waals surface area contributed by atoms with Crippen molar-refractivity contribution in [3.63, 3.8) is 0 Å². The van der Waals surface area contributed by atoms with E-state index in [9.17, 15) is 0 Å². The van der Waals surface area contributed by atoms with Gasteiger partial charge in [-0.15, -0.1) is 0 Å². The molecule has 0 spiro atoms. The molecule has 0 fully saturated rings. The highest BCUT2D eigenvalue weighted by atomic mass is 15.1. The normalized spacial score (nSPS) is 18.7. The van der Waals surface area contributed by atoms with E-state index in [0.717, 1.165) is 17.0 Å². The third-order valence-corrected chi connectivity index (χ3v) is 10.0. The molecule has 4 heteroatoms. The van der Waals surface area contributed by atoms with Gasteiger partial charge in [0.15, 0.2) is 0 Å². The van der Waals surface area contributed by atoms with Crippen LogP contribution in [0, 0.1) is 26.2 Å². The van der Waals surface area contributed by atoms with Crippen molar-refractivity contribution in [1.29, 1.82) is 0 Å². The number of benzene rings is 3. The molecule has 6 rings (SSSR count). The summed E-state index contributed by atoms with van der Waals surface area (Å²) >= 11 is 0. The first-order valence-electron chi connectivity index (χ1n) is 12.9. The number of aromatic nitrogens is 2. The molecule has 178 valence electrons. The topological polar surface area (TPSA) is 29.9 Å². The van der Waals surface area contributed by atoms with Crippen LogP contribution >= 0.6 is 0 Å². The van der Waals surface area contributed by atoms with Gasteiger partial charge in [0.2, 0.25) is 0 Å². The van der Waals surface area contributed by atoms with Gasteiger partial charge in [-0.25, -0.2) is 4.98 Å². The van der Waals surface area contributed by atoms with E-state index >= 15 is 0 Å². The van der Waals surface area contributed by atoms with Gasteiger partial charge in [0, 0.05) is 11.3 Å². The lowest BCUT2D eigenvalue weighted by atomic mass is 9.59. The van der Waals surface area contributed by atoms with Gasteiger partial charge < -0.3 is 9.71 Å². The van der Waals surface area contributed by atoms with Gasteiger partial charge >= 0.3 is 6.98 Å². The van der Waals surface area contributed by atoms with E-state index < -0.39 is 0 Å². The van der Waals surface area contributed by atoms with Gasteiger partial charge in [-0.1, -0.05) is 82.5 Å². The number of nitrogens with one attached hydrogen (secondary N) is 1. The Morgan fingerprint density at radius 3 is 2.06 bits per heavy atom. The third kappa shape index (κ3) is 2.71. The van der Waals surface area contributed by atoms with Crippen molar-refractivity contribution in [2.24, 2.45) is 5.41 Å². The van der Waals surface area contributed by atoms with Crippen molar-refractivity contribution in [3.8, 4) is 11.4 Å². The van der Waals surface area contributed by atoms with Crippen molar-refractivity contribution in [2.75, 3.05) is 5.23 Å². The van der Waals surface area contributed by atoms with Crippen LogP contribution in [0.1, 0.15) is 69.4 Å². The molecular formula is C31H36BN3. The fourth-order valence-corrected chi connectivity index (χ4v) is 6.92.